The smallest absolute Gasteiger partial charge is 0.331 e. The van der Waals surface area contributed by atoms with Gasteiger partial charge in [0.15, 0.2) is 0 Å². The van der Waals surface area contributed by atoms with Gasteiger partial charge in [-0.25, -0.2) is 4.79 Å². The normalized spacial score (nSPS) is 15.7. The standard InChI is InChI=1S/C20H18N2O5/c1-26-15-7-3-13(4-8-15)11-17-18(23)21-20(25)22(19(17)24)12-14-5-9-16(27-2)10-6-14/h3-11H,12H2,1-2H3,(H,21,23,25). The molecule has 0 radical (unpaired) electrons. The highest BCUT2D eigenvalue weighted by Crippen LogP contribution is 2.20. The molecule has 1 N–H and O–H groups in total. The van der Waals surface area contributed by atoms with Crippen LogP contribution in [0.15, 0.2) is 54.1 Å². The van der Waals surface area contributed by atoms with Crippen LogP contribution in [0.1, 0.15) is 11.1 Å². The Labute approximate surface area is 156 Å². The van der Waals surface area contributed by atoms with E-state index in [1.165, 1.54) is 6.08 Å². The fourth-order valence-electron chi connectivity index (χ4n) is 2.62. The van der Waals surface area contributed by atoms with Crippen molar-refractivity contribution in [3.63, 3.8) is 0 Å². The number of carbonyl (C=O) groups is 3. The van der Waals surface area contributed by atoms with E-state index in [1.54, 1.807) is 62.8 Å². The molecule has 2 aromatic carbocycles. The van der Waals surface area contributed by atoms with Crippen LogP contribution in [0.25, 0.3) is 6.08 Å². The molecule has 0 aliphatic carbocycles. The zero-order chi connectivity index (χ0) is 19.4. The maximum Gasteiger partial charge on any atom is 0.331 e. The van der Waals surface area contributed by atoms with Gasteiger partial charge in [-0.1, -0.05) is 24.3 Å². The zero-order valence-electron chi connectivity index (χ0n) is 14.9. The van der Waals surface area contributed by atoms with Crippen molar-refractivity contribution >= 4 is 23.9 Å². The van der Waals surface area contributed by atoms with Crippen molar-refractivity contribution in [3.05, 3.63) is 65.2 Å². The van der Waals surface area contributed by atoms with Crippen LogP contribution in [-0.2, 0) is 16.1 Å². The van der Waals surface area contributed by atoms with Gasteiger partial charge in [0.2, 0.25) is 0 Å². The van der Waals surface area contributed by atoms with Crippen LogP contribution in [-0.4, -0.2) is 37.0 Å². The van der Waals surface area contributed by atoms with Gasteiger partial charge in [-0.05, 0) is 41.5 Å². The van der Waals surface area contributed by atoms with Gasteiger partial charge in [0.1, 0.15) is 17.1 Å². The van der Waals surface area contributed by atoms with Gasteiger partial charge >= 0.3 is 6.03 Å². The number of carbonyl (C=O) groups excluding carboxylic acids is 3. The number of amides is 4. The third kappa shape index (κ3) is 3.98. The van der Waals surface area contributed by atoms with Crippen LogP contribution in [0.4, 0.5) is 4.79 Å². The third-order valence-corrected chi connectivity index (χ3v) is 4.11. The lowest BCUT2D eigenvalue weighted by molar-refractivity contribution is -0.130. The van der Waals surface area contributed by atoms with E-state index in [9.17, 15) is 14.4 Å². The van der Waals surface area contributed by atoms with Gasteiger partial charge in [0, 0.05) is 0 Å². The van der Waals surface area contributed by atoms with Crippen molar-refractivity contribution in [2.75, 3.05) is 14.2 Å². The largest absolute Gasteiger partial charge is 0.497 e. The molecule has 0 bridgehead atoms. The summed E-state index contributed by atoms with van der Waals surface area (Å²) in [5.41, 5.74) is 1.28. The average Bonchev–Trinajstić information content (AvgIpc) is 2.69. The predicted molar refractivity (Wildman–Crippen MR) is 98.1 cm³/mol. The number of methoxy groups -OCH3 is 2. The van der Waals surface area contributed by atoms with E-state index in [2.05, 4.69) is 5.32 Å². The second-order valence-corrected chi connectivity index (χ2v) is 5.83. The number of hydrogen-bond acceptors (Lipinski definition) is 5. The van der Waals surface area contributed by atoms with E-state index in [0.717, 1.165) is 10.5 Å². The minimum atomic E-state index is -0.743. The molecule has 2 aromatic rings. The third-order valence-electron chi connectivity index (χ3n) is 4.11. The molecule has 0 spiro atoms. The molecule has 138 valence electrons. The summed E-state index contributed by atoms with van der Waals surface area (Å²) in [5, 5.41) is 2.21. The van der Waals surface area contributed by atoms with Crippen molar-refractivity contribution in [1.82, 2.24) is 10.2 Å². The maximum atomic E-state index is 12.7. The summed E-state index contributed by atoms with van der Waals surface area (Å²) in [4.78, 5) is 38.0. The van der Waals surface area contributed by atoms with Gasteiger partial charge in [-0.15, -0.1) is 0 Å². The highest BCUT2D eigenvalue weighted by molar-refractivity contribution is 6.30. The average molecular weight is 366 g/mol. The second-order valence-electron chi connectivity index (χ2n) is 5.83. The van der Waals surface area contributed by atoms with E-state index < -0.39 is 17.8 Å². The molecule has 1 aliphatic heterocycles. The Bertz CT molecular complexity index is 901. The van der Waals surface area contributed by atoms with Crippen molar-refractivity contribution in [2.24, 2.45) is 0 Å². The van der Waals surface area contributed by atoms with Crippen molar-refractivity contribution in [1.29, 1.82) is 0 Å². The zero-order valence-corrected chi connectivity index (χ0v) is 14.9. The van der Waals surface area contributed by atoms with Crippen LogP contribution < -0.4 is 14.8 Å². The van der Waals surface area contributed by atoms with E-state index in [0.29, 0.717) is 17.1 Å². The highest BCUT2D eigenvalue weighted by Gasteiger charge is 2.35. The second kappa shape index (κ2) is 7.74. The minimum Gasteiger partial charge on any atom is -0.497 e. The molecule has 1 fully saturated rings. The Balaban J connectivity index is 1.84. The number of benzene rings is 2. The molecule has 7 nitrogen and oxygen atoms in total. The monoisotopic (exact) mass is 366 g/mol. The summed E-state index contributed by atoms with van der Waals surface area (Å²) in [7, 11) is 3.10. The summed E-state index contributed by atoms with van der Waals surface area (Å²) >= 11 is 0. The van der Waals surface area contributed by atoms with E-state index in [4.69, 9.17) is 9.47 Å². The Kier molecular flexibility index (Phi) is 5.21. The lowest BCUT2D eigenvalue weighted by atomic mass is 10.1. The topological polar surface area (TPSA) is 84.9 Å². The molecular formula is C20H18N2O5. The lowest BCUT2D eigenvalue weighted by Gasteiger charge is -2.26. The van der Waals surface area contributed by atoms with E-state index in [-0.39, 0.29) is 12.1 Å². The Morgan fingerprint density at radius 1 is 0.889 bits per heavy atom. The van der Waals surface area contributed by atoms with Crippen LogP contribution in [0, 0.1) is 0 Å². The van der Waals surface area contributed by atoms with Gasteiger partial charge in [-0.3, -0.25) is 19.8 Å². The quantitative estimate of drug-likeness (QED) is 0.649. The number of nitrogens with one attached hydrogen (secondary N) is 1. The van der Waals surface area contributed by atoms with Crippen molar-refractivity contribution in [3.8, 4) is 11.5 Å². The van der Waals surface area contributed by atoms with E-state index in [1.807, 2.05) is 0 Å². The predicted octanol–water partition coefficient (Wildman–Crippen LogP) is 2.37. The van der Waals surface area contributed by atoms with Crippen LogP contribution in [0.3, 0.4) is 0 Å². The number of ether oxygens (including phenoxy) is 2. The molecular weight excluding hydrogens is 348 g/mol. The summed E-state index contributed by atoms with van der Waals surface area (Å²) in [6, 6.07) is 13.1. The molecule has 0 unspecified atom stereocenters. The first-order valence-corrected chi connectivity index (χ1v) is 8.17. The minimum absolute atomic E-state index is 0.0435. The van der Waals surface area contributed by atoms with Gasteiger partial charge < -0.3 is 9.47 Å². The fourth-order valence-corrected chi connectivity index (χ4v) is 2.62. The summed E-state index contributed by atoms with van der Waals surface area (Å²) in [6.45, 7) is 0.0435. The Morgan fingerprint density at radius 2 is 1.44 bits per heavy atom. The lowest BCUT2D eigenvalue weighted by Crippen LogP contribution is -2.53. The first-order chi connectivity index (χ1) is 13.0. The number of hydrogen-bond donors (Lipinski definition) is 1. The Morgan fingerprint density at radius 3 is 2.00 bits per heavy atom. The first kappa shape index (κ1) is 18.2. The van der Waals surface area contributed by atoms with Gasteiger partial charge in [-0.2, -0.15) is 0 Å². The molecule has 27 heavy (non-hydrogen) atoms. The summed E-state index contributed by atoms with van der Waals surface area (Å²) in [5.74, 6) is -0.0292. The van der Waals surface area contributed by atoms with E-state index >= 15 is 0 Å². The number of nitrogens with zero attached hydrogens (tertiary/aromatic N) is 1. The molecule has 1 heterocycles. The summed E-state index contributed by atoms with van der Waals surface area (Å²) < 4.78 is 10.2. The van der Waals surface area contributed by atoms with Crippen molar-refractivity contribution in [2.45, 2.75) is 6.54 Å². The Hall–Kier alpha value is -3.61. The molecule has 0 atom stereocenters. The maximum absolute atomic E-state index is 12.7. The number of rotatable bonds is 5. The molecule has 7 heteroatoms. The number of barbiturate groups is 1. The van der Waals surface area contributed by atoms with Gasteiger partial charge in [0.05, 0.1) is 20.8 Å². The van der Waals surface area contributed by atoms with Crippen molar-refractivity contribution < 1.29 is 23.9 Å². The molecule has 1 saturated heterocycles. The molecule has 0 saturated carbocycles. The number of imide groups is 2. The molecule has 1 aliphatic rings. The molecule has 0 aromatic heterocycles. The molecule has 3 rings (SSSR count). The van der Waals surface area contributed by atoms with Crippen LogP contribution in [0.2, 0.25) is 0 Å². The first-order valence-electron chi connectivity index (χ1n) is 8.17. The van der Waals surface area contributed by atoms with Crippen LogP contribution in [0.5, 0.6) is 11.5 Å². The SMILES string of the molecule is COc1ccc(C=C2C(=O)NC(=O)N(Cc3ccc(OC)cc3)C2=O)cc1. The van der Waals surface area contributed by atoms with Gasteiger partial charge in [0.25, 0.3) is 11.8 Å². The highest BCUT2D eigenvalue weighted by atomic mass is 16.5. The fraction of sp³-hybridized carbons (Fsp3) is 0.150. The molecule has 4 amide bonds. The number of urea groups is 1. The summed E-state index contributed by atoms with van der Waals surface area (Å²) in [6.07, 6.45) is 1.45. The van der Waals surface area contributed by atoms with Crippen LogP contribution >= 0.6 is 0 Å².